The van der Waals surface area contributed by atoms with Gasteiger partial charge in [-0.05, 0) is 43.0 Å². The highest BCUT2D eigenvalue weighted by Gasteiger charge is 2.11. The lowest BCUT2D eigenvalue weighted by Crippen LogP contribution is -2.06. The Morgan fingerprint density at radius 2 is 2.00 bits per heavy atom. The van der Waals surface area contributed by atoms with Crippen LogP contribution < -0.4 is 10.1 Å². The molecule has 0 atom stereocenters. The zero-order chi connectivity index (χ0) is 14.5. The summed E-state index contributed by atoms with van der Waals surface area (Å²) in [6.45, 7) is 7.44. The van der Waals surface area contributed by atoms with E-state index in [1.54, 1.807) is 7.11 Å². The van der Waals surface area contributed by atoms with E-state index in [-0.39, 0.29) is 0 Å². The minimum absolute atomic E-state index is 0.841. The third kappa shape index (κ3) is 2.87. The highest BCUT2D eigenvalue weighted by atomic mass is 16.5. The van der Waals surface area contributed by atoms with Crippen molar-refractivity contribution in [1.29, 1.82) is 0 Å². The SMILES string of the molecule is CCCNc1nc2c(OC)ccc(C)c2cc1CCC. The highest BCUT2D eigenvalue weighted by Crippen LogP contribution is 2.30. The Bertz CT molecular complexity index is 593. The standard InChI is InChI=1S/C17H24N2O/c1-5-7-13-11-14-12(3)8-9-15(20-4)16(14)19-17(13)18-10-6-2/h8-9,11H,5-7,10H2,1-4H3,(H,18,19). The van der Waals surface area contributed by atoms with Crippen molar-refractivity contribution in [2.75, 3.05) is 19.0 Å². The van der Waals surface area contributed by atoms with Crippen molar-refractivity contribution in [3.63, 3.8) is 0 Å². The summed E-state index contributed by atoms with van der Waals surface area (Å²) in [5.74, 6) is 1.85. The number of nitrogens with one attached hydrogen (secondary N) is 1. The molecule has 0 unspecified atom stereocenters. The van der Waals surface area contributed by atoms with Crippen LogP contribution in [0.5, 0.6) is 5.75 Å². The number of pyridine rings is 1. The van der Waals surface area contributed by atoms with Crippen molar-refractivity contribution in [2.45, 2.75) is 40.0 Å². The molecule has 0 aliphatic carbocycles. The Labute approximate surface area is 121 Å². The molecule has 1 aromatic heterocycles. The van der Waals surface area contributed by atoms with E-state index in [0.717, 1.165) is 42.9 Å². The molecule has 2 rings (SSSR count). The lowest BCUT2D eigenvalue weighted by Gasteiger charge is -2.14. The highest BCUT2D eigenvalue weighted by molar-refractivity contribution is 5.89. The fourth-order valence-electron chi connectivity index (χ4n) is 2.43. The zero-order valence-electron chi connectivity index (χ0n) is 12.9. The number of hydrogen-bond acceptors (Lipinski definition) is 3. The normalized spacial score (nSPS) is 10.8. The van der Waals surface area contributed by atoms with Crippen LogP contribution in [0.1, 0.15) is 37.8 Å². The third-order valence-electron chi connectivity index (χ3n) is 3.53. The van der Waals surface area contributed by atoms with Crippen molar-refractivity contribution in [3.8, 4) is 5.75 Å². The van der Waals surface area contributed by atoms with Crippen LogP contribution in [0.15, 0.2) is 18.2 Å². The smallest absolute Gasteiger partial charge is 0.145 e. The molecule has 1 aromatic carbocycles. The van der Waals surface area contributed by atoms with Crippen LogP contribution >= 0.6 is 0 Å². The summed E-state index contributed by atoms with van der Waals surface area (Å²) in [5, 5.41) is 4.63. The summed E-state index contributed by atoms with van der Waals surface area (Å²) in [7, 11) is 1.70. The molecule has 0 spiro atoms. The van der Waals surface area contributed by atoms with Gasteiger partial charge < -0.3 is 10.1 Å². The van der Waals surface area contributed by atoms with Gasteiger partial charge in [-0.2, -0.15) is 0 Å². The summed E-state index contributed by atoms with van der Waals surface area (Å²) < 4.78 is 5.45. The molecular weight excluding hydrogens is 248 g/mol. The van der Waals surface area contributed by atoms with Crippen molar-refractivity contribution < 1.29 is 4.74 Å². The Balaban J connectivity index is 2.60. The first-order valence-electron chi connectivity index (χ1n) is 7.42. The molecule has 20 heavy (non-hydrogen) atoms. The van der Waals surface area contributed by atoms with Gasteiger partial charge >= 0.3 is 0 Å². The van der Waals surface area contributed by atoms with E-state index in [0.29, 0.717) is 0 Å². The number of anilines is 1. The molecule has 0 aliphatic heterocycles. The number of nitrogens with zero attached hydrogens (tertiary/aromatic N) is 1. The second kappa shape index (κ2) is 6.60. The number of ether oxygens (including phenoxy) is 1. The molecule has 2 aromatic rings. The number of fused-ring (bicyclic) bond motifs is 1. The molecule has 108 valence electrons. The summed E-state index contributed by atoms with van der Waals surface area (Å²) in [4.78, 5) is 4.83. The van der Waals surface area contributed by atoms with E-state index in [4.69, 9.17) is 9.72 Å². The van der Waals surface area contributed by atoms with Crippen molar-refractivity contribution in [2.24, 2.45) is 0 Å². The number of aromatic nitrogens is 1. The monoisotopic (exact) mass is 272 g/mol. The van der Waals surface area contributed by atoms with E-state index in [9.17, 15) is 0 Å². The second-order valence-corrected chi connectivity index (χ2v) is 5.15. The molecule has 0 bridgehead atoms. The molecule has 1 heterocycles. The van der Waals surface area contributed by atoms with Crippen LogP contribution in [0, 0.1) is 6.92 Å². The molecule has 0 saturated carbocycles. The quantitative estimate of drug-likeness (QED) is 0.850. The van der Waals surface area contributed by atoms with E-state index in [1.807, 2.05) is 6.07 Å². The number of hydrogen-bond donors (Lipinski definition) is 1. The summed E-state index contributed by atoms with van der Waals surface area (Å²) in [6, 6.07) is 6.35. The largest absolute Gasteiger partial charge is 0.494 e. The number of benzene rings is 1. The minimum atomic E-state index is 0.841. The van der Waals surface area contributed by atoms with Gasteiger partial charge in [0.05, 0.1) is 7.11 Å². The van der Waals surface area contributed by atoms with E-state index < -0.39 is 0 Å². The maximum Gasteiger partial charge on any atom is 0.145 e. The average Bonchev–Trinajstić information content (AvgIpc) is 2.46. The van der Waals surface area contributed by atoms with Crippen LogP contribution in [-0.4, -0.2) is 18.6 Å². The van der Waals surface area contributed by atoms with Crippen LogP contribution in [0.4, 0.5) is 5.82 Å². The van der Waals surface area contributed by atoms with Gasteiger partial charge in [0.1, 0.15) is 17.1 Å². The summed E-state index contributed by atoms with van der Waals surface area (Å²) >= 11 is 0. The van der Waals surface area contributed by atoms with E-state index in [2.05, 4.69) is 38.2 Å². The van der Waals surface area contributed by atoms with E-state index >= 15 is 0 Å². The maximum atomic E-state index is 5.45. The van der Waals surface area contributed by atoms with Crippen molar-refractivity contribution in [3.05, 3.63) is 29.3 Å². The first-order valence-corrected chi connectivity index (χ1v) is 7.42. The fourth-order valence-corrected chi connectivity index (χ4v) is 2.43. The molecular formula is C17H24N2O. The van der Waals surface area contributed by atoms with Crippen LogP contribution in [0.3, 0.4) is 0 Å². The molecule has 1 N–H and O–H groups in total. The first-order chi connectivity index (χ1) is 9.71. The van der Waals surface area contributed by atoms with Gasteiger partial charge in [0.15, 0.2) is 0 Å². The van der Waals surface area contributed by atoms with Gasteiger partial charge in [-0.25, -0.2) is 4.98 Å². The molecule has 0 radical (unpaired) electrons. The van der Waals surface area contributed by atoms with Crippen LogP contribution in [-0.2, 0) is 6.42 Å². The lowest BCUT2D eigenvalue weighted by atomic mass is 10.0. The second-order valence-electron chi connectivity index (χ2n) is 5.15. The molecule has 0 fully saturated rings. The van der Waals surface area contributed by atoms with Crippen LogP contribution in [0.2, 0.25) is 0 Å². The zero-order valence-corrected chi connectivity index (χ0v) is 12.9. The predicted octanol–water partition coefficient (Wildman–Crippen LogP) is 4.33. The third-order valence-corrected chi connectivity index (χ3v) is 3.53. The van der Waals surface area contributed by atoms with Gasteiger partial charge in [-0.1, -0.05) is 26.3 Å². The van der Waals surface area contributed by atoms with Crippen molar-refractivity contribution >= 4 is 16.7 Å². The maximum absolute atomic E-state index is 5.45. The molecule has 0 amide bonds. The Hall–Kier alpha value is -1.77. The van der Waals surface area contributed by atoms with Crippen LogP contribution in [0.25, 0.3) is 10.9 Å². The molecule has 0 saturated heterocycles. The first kappa shape index (κ1) is 14.6. The fraction of sp³-hybridized carbons (Fsp3) is 0.471. The van der Waals surface area contributed by atoms with Crippen molar-refractivity contribution in [1.82, 2.24) is 4.98 Å². The van der Waals surface area contributed by atoms with Gasteiger partial charge in [0.25, 0.3) is 0 Å². The average molecular weight is 272 g/mol. The Kier molecular flexibility index (Phi) is 4.83. The number of methoxy groups -OCH3 is 1. The van der Waals surface area contributed by atoms with Gasteiger partial charge in [-0.15, -0.1) is 0 Å². The summed E-state index contributed by atoms with van der Waals surface area (Å²) in [6.07, 6.45) is 3.26. The van der Waals surface area contributed by atoms with Gasteiger partial charge in [0, 0.05) is 11.9 Å². The van der Waals surface area contributed by atoms with Gasteiger partial charge in [0.2, 0.25) is 0 Å². The lowest BCUT2D eigenvalue weighted by molar-refractivity contribution is 0.419. The van der Waals surface area contributed by atoms with Gasteiger partial charge in [-0.3, -0.25) is 0 Å². The predicted molar refractivity (Wildman–Crippen MR) is 85.8 cm³/mol. The molecule has 0 aliphatic rings. The minimum Gasteiger partial charge on any atom is -0.494 e. The summed E-state index contributed by atoms with van der Waals surface area (Å²) in [5.41, 5.74) is 3.49. The number of rotatable bonds is 6. The van der Waals surface area contributed by atoms with E-state index in [1.165, 1.54) is 16.5 Å². The molecule has 3 nitrogen and oxygen atoms in total. The topological polar surface area (TPSA) is 34.2 Å². The molecule has 3 heteroatoms. The number of aryl methyl sites for hydroxylation is 2. The Morgan fingerprint density at radius 3 is 2.65 bits per heavy atom. The Morgan fingerprint density at radius 1 is 1.20 bits per heavy atom.